The number of rotatable bonds is 1. The van der Waals surface area contributed by atoms with E-state index in [1.165, 1.54) is 11.1 Å². The summed E-state index contributed by atoms with van der Waals surface area (Å²) in [5.74, 6) is 0. The number of hydrogen-bond acceptors (Lipinski definition) is 2. The average Bonchev–Trinajstić information content (AvgIpc) is 2.51. The predicted octanol–water partition coefficient (Wildman–Crippen LogP) is 4.14. The summed E-state index contributed by atoms with van der Waals surface area (Å²) in [6, 6.07) is 20.0. The molecule has 3 rings (SSSR count). The first-order valence-electron chi connectivity index (χ1n) is 6.20. The fourth-order valence-electron chi connectivity index (χ4n) is 1.70. The zero-order valence-corrected chi connectivity index (χ0v) is 10.9. The first kappa shape index (κ1) is 13.0. The van der Waals surface area contributed by atoms with E-state index in [2.05, 4.69) is 35.1 Å². The van der Waals surface area contributed by atoms with Crippen LogP contribution in [0.25, 0.3) is 11.3 Å². The molecule has 0 aliphatic rings. The van der Waals surface area contributed by atoms with Gasteiger partial charge in [-0.25, -0.2) is 0 Å². The van der Waals surface area contributed by atoms with E-state index in [0.29, 0.717) is 0 Å². The molecule has 0 saturated heterocycles. The van der Waals surface area contributed by atoms with Gasteiger partial charge in [0.25, 0.3) is 0 Å². The number of aromatic nitrogens is 2. The predicted molar refractivity (Wildman–Crippen MR) is 78.6 cm³/mol. The Labute approximate surface area is 113 Å². The molecule has 3 aromatic rings. The SMILES string of the molecule is Cc1cccnc1-c1ccccc1.c1ccncc1. The lowest BCUT2D eigenvalue weighted by Crippen LogP contribution is -1.85. The van der Waals surface area contributed by atoms with Gasteiger partial charge in [-0.1, -0.05) is 42.5 Å². The van der Waals surface area contributed by atoms with Gasteiger partial charge in [-0.05, 0) is 30.7 Å². The smallest absolute Gasteiger partial charge is 0.0731 e. The van der Waals surface area contributed by atoms with Crippen molar-refractivity contribution in [2.24, 2.45) is 0 Å². The summed E-state index contributed by atoms with van der Waals surface area (Å²) in [6.45, 7) is 2.08. The Balaban J connectivity index is 0.000000186. The van der Waals surface area contributed by atoms with Gasteiger partial charge in [0, 0.05) is 24.2 Å². The molecule has 0 fully saturated rings. The molecule has 0 unspecified atom stereocenters. The third-order valence-corrected chi connectivity index (χ3v) is 2.62. The highest BCUT2D eigenvalue weighted by molar-refractivity contribution is 5.62. The highest BCUT2D eigenvalue weighted by atomic mass is 14.7. The Morgan fingerprint density at radius 1 is 0.684 bits per heavy atom. The Bertz CT molecular complexity index is 565. The van der Waals surface area contributed by atoms with Gasteiger partial charge in [0.2, 0.25) is 0 Å². The number of benzene rings is 1. The summed E-state index contributed by atoms with van der Waals surface area (Å²) in [7, 11) is 0. The third kappa shape index (κ3) is 4.03. The van der Waals surface area contributed by atoms with E-state index in [9.17, 15) is 0 Å². The van der Waals surface area contributed by atoms with Gasteiger partial charge < -0.3 is 0 Å². The molecule has 2 heteroatoms. The quantitative estimate of drug-likeness (QED) is 0.647. The summed E-state index contributed by atoms with van der Waals surface area (Å²) in [6.07, 6.45) is 5.33. The fraction of sp³-hybridized carbons (Fsp3) is 0.0588. The van der Waals surface area contributed by atoms with Crippen LogP contribution < -0.4 is 0 Å². The summed E-state index contributed by atoms with van der Waals surface area (Å²) in [5.41, 5.74) is 3.47. The van der Waals surface area contributed by atoms with Crippen LogP contribution in [0.3, 0.4) is 0 Å². The van der Waals surface area contributed by atoms with Gasteiger partial charge in [0.15, 0.2) is 0 Å². The van der Waals surface area contributed by atoms with Crippen LogP contribution in [0.2, 0.25) is 0 Å². The molecule has 0 aliphatic carbocycles. The molecule has 0 aliphatic heterocycles. The Hall–Kier alpha value is -2.48. The number of pyridine rings is 2. The number of hydrogen-bond donors (Lipinski definition) is 0. The van der Waals surface area contributed by atoms with Crippen molar-refractivity contribution in [2.75, 3.05) is 0 Å². The van der Waals surface area contributed by atoms with Crippen LogP contribution in [0.5, 0.6) is 0 Å². The lowest BCUT2D eigenvalue weighted by molar-refractivity contribution is 1.27. The maximum atomic E-state index is 4.35. The first-order valence-corrected chi connectivity index (χ1v) is 6.20. The molecule has 0 amide bonds. The van der Waals surface area contributed by atoms with E-state index in [4.69, 9.17) is 0 Å². The molecule has 2 heterocycles. The zero-order chi connectivity index (χ0) is 13.3. The monoisotopic (exact) mass is 248 g/mol. The molecule has 0 atom stereocenters. The molecule has 0 bridgehead atoms. The van der Waals surface area contributed by atoms with Crippen LogP contribution in [0.4, 0.5) is 0 Å². The summed E-state index contributed by atoms with van der Waals surface area (Å²) in [5, 5.41) is 0. The molecule has 2 nitrogen and oxygen atoms in total. The average molecular weight is 248 g/mol. The molecule has 19 heavy (non-hydrogen) atoms. The molecule has 94 valence electrons. The van der Waals surface area contributed by atoms with Gasteiger partial charge >= 0.3 is 0 Å². The van der Waals surface area contributed by atoms with Crippen LogP contribution in [-0.2, 0) is 0 Å². The van der Waals surface area contributed by atoms with Crippen LogP contribution in [0, 0.1) is 6.92 Å². The maximum Gasteiger partial charge on any atom is 0.0731 e. The molecule has 0 saturated carbocycles. The van der Waals surface area contributed by atoms with Gasteiger partial charge in [-0.2, -0.15) is 0 Å². The normalized spacial score (nSPS) is 9.32. The van der Waals surface area contributed by atoms with Crippen molar-refractivity contribution in [3.63, 3.8) is 0 Å². The van der Waals surface area contributed by atoms with Crippen molar-refractivity contribution >= 4 is 0 Å². The Kier molecular flexibility index (Phi) is 4.82. The van der Waals surface area contributed by atoms with Crippen molar-refractivity contribution < 1.29 is 0 Å². The molecule has 1 aromatic carbocycles. The minimum absolute atomic E-state index is 1.07. The zero-order valence-electron chi connectivity index (χ0n) is 10.9. The molecule has 2 aromatic heterocycles. The number of aryl methyl sites for hydroxylation is 1. The first-order chi connectivity index (χ1) is 9.38. The molecular weight excluding hydrogens is 232 g/mol. The Morgan fingerprint density at radius 2 is 1.37 bits per heavy atom. The van der Waals surface area contributed by atoms with Crippen LogP contribution >= 0.6 is 0 Å². The summed E-state index contributed by atoms with van der Waals surface area (Å²) < 4.78 is 0. The standard InChI is InChI=1S/C12H11N.C5H5N/c1-10-6-5-9-13-12(10)11-7-3-2-4-8-11;1-2-4-6-5-3-1/h2-9H,1H3;1-5H. The van der Waals surface area contributed by atoms with Crippen LogP contribution in [0.15, 0.2) is 79.3 Å². The Morgan fingerprint density at radius 3 is 1.89 bits per heavy atom. The maximum absolute atomic E-state index is 4.35. The van der Waals surface area contributed by atoms with E-state index in [-0.39, 0.29) is 0 Å². The van der Waals surface area contributed by atoms with Crippen molar-refractivity contribution in [2.45, 2.75) is 6.92 Å². The summed E-state index contributed by atoms with van der Waals surface area (Å²) >= 11 is 0. The molecule has 0 N–H and O–H groups in total. The van der Waals surface area contributed by atoms with Crippen LogP contribution in [-0.4, -0.2) is 9.97 Å². The largest absolute Gasteiger partial charge is 0.265 e. The van der Waals surface area contributed by atoms with Crippen molar-refractivity contribution in [1.82, 2.24) is 9.97 Å². The van der Waals surface area contributed by atoms with E-state index >= 15 is 0 Å². The van der Waals surface area contributed by atoms with Gasteiger partial charge in [0.1, 0.15) is 0 Å². The minimum Gasteiger partial charge on any atom is -0.265 e. The number of nitrogens with zero attached hydrogens (tertiary/aromatic N) is 2. The van der Waals surface area contributed by atoms with Crippen molar-refractivity contribution in [3.05, 3.63) is 84.8 Å². The van der Waals surface area contributed by atoms with Crippen molar-refractivity contribution in [3.8, 4) is 11.3 Å². The fourth-order valence-corrected chi connectivity index (χ4v) is 1.70. The van der Waals surface area contributed by atoms with E-state index < -0.39 is 0 Å². The molecular formula is C17H16N2. The third-order valence-electron chi connectivity index (χ3n) is 2.62. The van der Waals surface area contributed by atoms with Crippen molar-refractivity contribution in [1.29, 1.82) is 0 Å². The van der Waals surface area contributed by atoms with Gasteiger partial charge in [-0.15, -0.1) is 0 Å². The van der Waals surface area contributed by atoms with E-state index in [0.717, 1.165) is 5.69 Å². The highest BCUT2D eigenvalue weighted by Gasteiger charge is 1.99. The second-order valence-corrected chi connectivity index (χ2v) is 4.06. The lowest BCUT2D eigenvalue weighted by atomic mass is 10.1. The summed E-state index contributed by atoms with van der Waals surface area (Å²) in [4.78, 5) is 8.13. The van der Waals surface area contributed by atoms with Crippen LogP contribution in [0.1, 0.15) is 5.56 Å². The van der Waals surface area contributed by atoms with Gasteiger partial charge in [0.05, 0.1) is 5.69 Å². The van der Waals surface area contributed by atoms with E-state index in [1.807, 2.05) is 48.7 Å². The molecule has 0 spiro atoms. The van der Waals surface area contributed by atoms with Gasteiger partial charge in [-0.3, -0.25) is 9.97 Å². The highest BCUT2D eigenvalue weighted by Crippen LogP contribution is 2.19. The second-order valence-electron chi connectivity index (χ2n) is 4.06. The minimum atomic E-state index is 1.07. The molecule has 0 radical (unpaired) electrons. The lowest BCUT2D eigenvalue weighted by Gasteiger charge is -2.02. The van der Waals surface area contributed by atoms with E-state index in [1.54, 1.807) is 12.4 Å². The second kappa shape index (κ2) is 7.07. The topological polar surface area (TPSA) is 25.8 Å².